The Kier molecular flexibility index (Phi) is 4.10. The number of hydrogen-bond acceptors (Lipinski definition) is 6. The fourth-order valence-corrected chi connectivity index (χ4v) is 3.71. The van der Waals surface area contributed by atoms with Gasteiger partial charge in [0, 0.05) is 31.4 Å². The van der Waals surface area contributed by atoms with Gasteiger partial charge in [-0.1, -0.05) is 11.3 Å². The van der Waals surface area contributed by atoms with Crippen molar-refractivity contribution in [2.75, 3.05) is 24.5 Å². The molecule has 118 valence electrons. The maximum absolute atomic E-state index is 12.0. The fraction of sp³-hybridized carbons (Fsp3) is 0.571. The molecule has 0 aliphatic carbocycles. The molecule has 0 unspecified atom stereocenters. The molecule has 0 bridgehead atoms. The molecule has 2 aromatic rings. The summed E-state index contributed by atoms with van der Waals surface area (Å²) >= 11 is 1.39. The monoisotopic (exact) mass is 321 g/mol. The molecule has 3 rings (SSSR count). The molecule has 1 N–H and O–H groups in total. The molecule has 2 aromatic heterocycles. The van der Waals surface area contributed by atoms with Crippen molar-refractivity contribution in [3.05, 3.63) is 22.1 Å². The lowest BCUT2D eigenvalue weighted by Gasteiger charge is -2.31. The maximum atomic E-state index is 12.0. The predicted molar refractivity (Wildman–Crippen MR) is 85.5 cm³/mol. The van der Waals surface area contributed by atoms with E-state index >= 15 is 0 Å². The molecule has 7 nitrogen and oxygen atoms in total. The summed E-state index contributed by atoms with van der Waals surface area (Å²) in [5.41, 5.74) is 0.529. The Morgan fingerprint density at radius 2 is 2.36 bits per heavy atom. The van der Waals surface area contributed by atoms with Gasteiger partial charge in [0.2, 0.25) is 16.0 Å². The van der Waals surface area contributed by atoms with Crippen LogP contribution in [0, 0.1) is 12.8 Å². The highest BCUT2D eigenvalue weighted by molar-refractivity contribution is 7.20. The van der Waals surface area contributed by atoms with Gasteiger partial charge >= 0.3 is 0 Å². The molecule has 0 saturated carbocycles. The summed E-state index contributed by atoms with van der Waals surface area (Å²) < 4.78 is 1.34. The quantitative estimate of drug-likeness (QED) is 0.905. The number of piperidine rings is 1. The van der Waals surface area contributed by atoms with Crippen LogP contribution in [0.4, 0.5) is 5.13 Å². The standard InChI is InChI=1S/C14H19N5O2S/c1-3-15-12(21)10-5-4-6-18(8-10)14-17-19-11(20)7-9(2)16-13(19)22-14/h7,10H,3-6,8H2,1-2H3,(H,15,21)/t10-/m0/s1. The number of aryl methyl sites for hydroxylation is 1. The summed E-state index contributed by atoms with van der Waals surface area (Å²) in [5.74, 6) is 0.0755. The average molecular weight is 321 g/mol. The molecule has 1 atom stereocenters. The molecule has 1 saturated heterocycles. The van der Waals surface area contributed by atoms with Crippen molar-refractivity contribution in [3.8, 4) is 0 Å². The normalized spacial score (nSPS) is 18.6. The third-order valence-electron chi connectivity index (χ3n) is 3.78. The van der Waals surface area contributed by atoms with Gasteiger partial charge in [-0.25, -0.2) is 4.98 Å². The summed E-state index contributed by atoms with van der Waals surface area (Å²) in [5, 5.41) is 8.01. The van der Waals surface area contributed by atoms with Gasteiger partial charge in [-0.2, -0.15) is 4.52 Å². The summed E-state index contributed by atoms with van der Waals surface area (Å²) in [7, 11) is 0. The van der Waals surface area contributed by atoms with Gasteiger partial charge in [-0.15, -0.1) is 5.10 Å². The minimum Gasteiger partial charge on any atom is -0.356 e. The smallest absolute Gasteiger partial charge is 0.275 e. The highest BCUT2D eigenvalue weighted by atomic mass is 32.1. The van der Waals surface area contributed by atoms with E-state index in [1.54, 1.807) is 6.92 Å². The molecule has 1 fully saturated rings. The Morgan fingerprint density at radius 1 is 1.55 bits per heavy atom. The third kappa shape index (κ3) is 2.83. The van der Waals surface area contributed by atoms with E-state index in [0.717, 1.165) is 24.5 Å². The summed E-state index contributed by atoms with van der Waals surface area (Å²) in [6.45, 7) is 5.86. The second kappa shape index (κ2) is 6.04. The SMILES string of the molecule is CCNC(=O)[C@H]1CCCN(c2nn3c(=O)cc(C)nc3s2)C1. The first-order valence-electron chi connectivity index (χ1n) is 7.48. The maximum Gasteiger partial charge on any atom is 0.275 e. The Morgan fingerprint density at radius 3 is 3.14 bits per heavy atom. The molecule has 0 aromatic carbocycles. The number of carbonyl (C=O) groups excluding carboxylic acids is 1. The van der Waals surface area contributed by atoms with Crippen LogP contribution in [0.2, 0.25) is 0 Å². The molecule has 0 radical (unpaired) electrons. The topological polar surface area (TPSA) is 79.6 Å². The number of fused-ring (bicyclic) bond motifs is 1. The zero-order chi connectivity index (χ0) is 15.7. The van der Waals surface area contributed by atoms with E-state index in [2.05, 4.69) is 20.3 Å². The molecule has 0 spiro atoms. The minimum absolute atomic E-state index is 0.0212. The van der Waals surface area contributed by atoms with Gasteiger partial charge < -0.3 is 10.2 Å². The number of aromatic nitrogens is 3. The van der Waals surface area contributed by atoms with Crippen LogP contribution in [0.5, 0.6) is 0 Å². The first-order chi connectivity index (χ1) is 10.6. The fourth-order valence-electron chi connectivity index (χ4n) is 2.72. The van der Waals surface area contributed by atoms with E-state index < -0.39 is 0 Å². The first kappa shape index (κ1) is 15.0. The third-order valence-corrected chi connectivity index (χ3v) is 4.75. The van der Waals surface area contributed by atoms with Crippen LogP contribution >= 0.6 is 11.3 Å². The van der Waals surface area contributed by atoms with Crippen LogP contribution in [-0.2, 0) is 4.79 Å². The molecule has 22 heavy (non-hydrogen) atoms. The van der Waals surface area contributed by atoms with Gasteiger partial charge in [-0.05, 0) is 26.7 Å². The number of nitrogens with one attached hydrogen (secondary N) is 1. The Labute approximate surface area is 132 Å². The Bertz CT molecular complexity index is 753. The summed E-state index contributed by atoms with van der Waals surface area (Å²) in [6, 6.07) is 1.48. The zero-order valence-electron chi connectivity index (χ0n) is 12.7. The largest absolute Gasteiger partial charge is 0.356 e. The van der Waals surface area contributed by atoms with Gasteiger partial charge in [0.05, 0.1) is 5.92 Å². The van der Waals surface area contributed by atoms with Crippen molar-refractivity contribution in [3.63, 3.8) is 0 Å². The first-order valence-corrected chi connectivity index (χ1v) is 8.30. The van der Waals surface area contributed by atoms with Crippen molar-refractivity contribution < 1.29 is 4.79 Å². The van der Waals surface area contributed by atoms with Crippen molar-refractivity contribution in [2.24, 2.45) is 5.92 Å². The van der Waals surface area contributed by atoms with E-state index in [1.165, 1.54) is 21.9 Å². The van der Waals surface area contributed by atoms with Crippen LogP contribution in [-0.4, -0.2) is 40.1 Å². The lowest BCUT2D eigenvalue weighted by atomic mass is 9.97. The zero-order valence-corrected chi connectivity index (χ0v) is 13.5. The van der Waals surface area contributed by atoms with Crippen LogP contribution in [0.15, 0.2) is 10.9 Å². The Balaban J connectivity index is 1.86. The summed E-state index contributed by atoms with van der Waals surface area (Å²) in [6.07, 6.45) is 1.84. The molecule has 8 heteroatoms. The van der Waals surface area contributed by atoms with Crippen LogP contribution in [0.25, 0.3) is 4.96 Å². The van der Waals surface area contributed by atoms with E-state index in [-0.39, 0.29) is 17.4 Å². The van der Waals surface area contributed by atoms with Crippen LogP contribution in [0.1, 0.15) is 25.5 Å². The second-order valence-electron chi connectivity index (χ2n) is 5.49. The molecule has 1 aliphatic rings. The highest BCUT2D eigenvalue weighted by Gasteiger charge is 2.27. The van der Waals surface area contributed by atoms with Crippen molar-refractivity contribution in [1.29, 1.82) is 0 Å². The van der Waals surface area contributed by atoms with E-state index in [0.29, 0.717) is 23.7 Å². The second-order valence-corrected chi connectivity index (χ2v) is 6.43. The predicted octanol–water partition coefficient (Wildman–Crippen LogP) is 0.812. The number of anilines is 1. The van der Waals surface area contributed by atoms with Crippen molar-refractivity contribution in [2.45, 2.75) is 26.7 Å². The number of rotatable bonds is 3. The number of nitrogens with zero attached hydrogens (tertiary/aromatic N) is 4. The van der Waals surface area contributed by atoms with Crippen molar-refractivity contribution >= 4 is 27.3 Å². The minimum atomic E-state index is -0.165. The van der Waals surface area contributed by atoms with Crippen molar-refractivity contribution in [1.82, 2.24) is 19.9 Å². The molecule has 3 heterocycles. The van der Waals surface area contributed by atoms with E-state index in [1.807, 2.05) is 6.92 Å². The molecule has 1 aliphatic heterocycles. The van der Waals surface area contributed by atoms with Gasteiger partial charge in [0.1, 0.15) is 0 Å². The van der Waals surface area contributed by atoms with Crippen LogP contribution in [0.3, 0.4) is 0 Å². The van der Waals surface area contributed by atoms with E-state index in [4.69, 9.17) is 0 Å². The highest BCUT2D eigenvalue weighted by Crippen LogP contribution is 2.26. The van der Waals surface area contributed by atoms with E-state index in [9.17, 15) is 9.59 Å². The van der Waals surface area contributed by atoms with Gasteiger partial charge in [0.25, 0.3) is 5.56 Å². The number of carbonyl (C=O) groups is 1. The van der Waals surface area contributed by atoms with Gasteiger partial charge in [-0.3, -0.25) is 9.59 Å². The molecular formula is C14H19N5O2S. The summed E-state index contributed by atoms with van der Waals surface area (Å²) in [4.78, 5) is 31.0. The lowest BCUT2D eigenvalue weighted by Crippen LogP contribution is -2.43. The van der Waals surface area contributed by atoms with Crippen LogP contribution < -0.4 is 15.8 Å². The Hall–Kier alpha value is -1.96. The molecular weight excluding hydrogens is 302 g/mol. The lowest BCUT2D eigenvalue weighted by molar-refractivity contribution is -0.125. The average Bonchev–Trinajstić information content (AvgIpc) is 2.92. The number of amides is 1. The molecule has 1 amide bonds. The number of hydrogen-bond donors (Lipinski definition) is 1. The van der Waals surface area contributed by atoms with Gasteiger partial charge in [0.15, 0.2) is 0 Å².